The molecule has 146 valence electrons. The normalized spacial score (nSPS) is 18.1. The van der Waals surface area contributed by atoms with E-state index in [9.17, 15) is 8.42 Å². The van der Waals surface area contributed by atoms with Crippen LogP contribution in [-0.2, 0) is 9.84 Å². The number of anilines is 2. The Kier molecular flexibility index (Phi) is 6.00. The summed E-state index contributed by atoms with van der Waals surface area (Å²) in [5.41, 5.74) is 0. The van der Waals surface area contributed by atoms with Crippen LogP contribution in [0.15, 0.2) is 36.5 Å². The molecule has 9 heteroatoms. The third kappa shape index (κ3) is 5.22. The predicted octanol–water partition coefficient (Wildman–Crippen LogP) is 1.60. The van der Waals surface area contributed by atoms with Crippen LogP contribution in [-0.4, -0.2) is 63.2 Å². The van der Waals surface area contributed by atoms with Crippen molar-refractivity contribution >= 4 is 21.6 Å². The Morgan fingerprint density at radius 1 is 1.22 bits per heavy atom. The summed E-state index contributed by atoms with van der Waals surface area (Å²) >= 11 is 0. The van der Waals surface area contributed by atoms with Crippen molar-refractivity contribution in [2.75, 3.05) is 49.0 Å². The van der Waals surface area contributed by atoms with E-state index in [1.165, 1.54) is 0 Å². The maximum Gasteiger partial charge on any atom is 0.227 e. The van der Waals surface area contributed by atoms with E-state index in [-0.39, 0.29) is 17.5 Å². The molecule has 27 heavy (non-hydrogen) atoms. The first kappa shape index (κ1) is 19.2. The summed E-state index contributed by atoms with van der Waals surface area (Å²) in [5, 5.41) is 3.19. The number of ether oxygens (including phenoxy) is 2. The molecule has 1 fully saturated rings. The van der Waals surface area contributed by atoms with Crippen LogP contribution in [0, 0.1) is 0 Å². The van der Waals surface area contributed by atoms with Crippen LogP contribution in [0.1, 0.15) is 6.42 Å². The molecule has 1 atom stereocenters. The molecule has 1 aromatic carbocycles. The van der Waals surface area contributed by atoms with Crippen LogP contribution in [0.2, 0.25) is 0 Å². The zero-order valence-corrected chi connectivity index (χ0v) is 16.3. The number of benzene rings is 1. The molecule has 0 aliphatic carbocycles. The lowest BCUT2D eigenvalue weighted by atomic mass is 10.2. The average Bonchev–Trinajstić information content (AvgIpc) is 3.05. The Morgan fingerprint density at radius 3 is 2.63 bits per heavy atom. The number of sulfone groups is 1. The number of nitrogens with zero attached hydrogens (tertiary/aromatic N) is 3. The van der Waals surface area contributed by atoms with Crippen molar-refractivity contribution in [1.29, 1.82) is 0 Å². The highest BCUT2D eigenvalue weighted by molar-refractivity contribution is 7.91. The van der Waals surface area contributed by atoms with Gasteiger partial charge in [0, 0.05) is 19.3 Å². The van der Waals surface area contributed by atoms with Crippen molar-refractivity contribution in [2.24, 2.45) is 0 Å². The largest absolute Gasteiger partial charge is 0.497 e. The summed E-state index contributed by atoms with van der Waals surface area (Å²) in [7, 11) is 0.510. The maximum atomic E-state index is 11.7. The van der Waals surface area contributed by atoms with Gasteiger partial charge < -0.3 is 19.7 Å². The van der Waals surface area contributed by atoms with E-state index in [0.29, 0.717) is 31.3 Å². The standard InChI is InChI=1S/C18H24N4O4S/c1-22(14-8-12-27(23,24)13-14)18-20-9-7-17(21-18)19-10-11-26-16-5-3-15(25-2)4-6-16/h3-7,9,14H,8,10-13H2,1-2H3,(H,19,20,21). The number of hydrogen-bond acceptors (Lipinski definition) is 8. The van der Waals surface area contributed by atoms with Gasteiger partial charge in [-0.1, -0.05) is 0 Å². The molecule has 0 bridgehead atoms. The van der Waals surface area contributed by atoms with Crippen LogP contribution >= 0.6 is 0 Å². The second-order valence-corrected chi connectivity index (χ2v) is 8.59. The van der Waals surface area contributed by atoms with E-state index in [1.807, 2.05) is 36.2 Å². The number of rotatable bonds is 8. The van der Waals surface area contributed by atoms with Gasteiger partial charge in [-0.05, 0) is 36.8 Å². The minimum absolute atomic E-state index is 0.0799. The molecular formula is C18H24N4O4S. The summed E-state index contributed by atoms with van der Waals surface area (Å²) in [4.78, 5) is 10.6. The fourth-order valence-electron chi connectivity index (χ4n) is 2.88. The predicted molar refractivity (Wildman–Crippen MR) is 104 cm³/mol. The zero-order chi connectivity index (χ0) is 19.3. The molecule has 1 aromatic heterocycles. The number of hydrogen-bond donors (Lipinski definition) is 1. The molecule has 3 rings (SSSR count). The van der Waals surface area contributed by atoms with Crippen molar-refractivity contribution in [3.8, 4) is 11.5 Å². The zero-order valence-electron chi connectivity index (χ0n) is 15.5. The molecule has 1 aliphatic heterocycles. The SMILES string of the molecule is COc1ccc(OCCNc2ccnc(N(C)C3CCS(=O)(=O)C3)n2)cc1. The molecule has 0 amide bonds. The fourth-order valence-corrected chi connectivity index (χ4v) is 4.66. The lowest BCUT2D eigenvalue weighted by Crippen LogP contribution is -2.34. The Hall–Kier alpha value is -2.55. The minimum atomic E-state index is -2.94. The fraction of sp³-hybridized carbons (Fsp3) is 0.444. The van der Waals surface area contributed by atoms with Crippen LogP contribution in [0.25, 0.3) is 0 Å². The van der Waals surface area contributed by atoms with Gasteiger partial charge in [0.2, 0.25) is 5.95 Å². The highest BCUT2D eigenvalue weighted by atomic mass is 32.2. The second kappa shape index (κ2) is 8.43. The highest BCUT2D eigenvalue weighted by Gasteiger charge is 2.31. The smallest absolute Gasteiger partial charge is 0.227 e. The van der Waals surface area contributed by atoms with E-state index in [4.69, 9.17) is 9.47 Å². The van der Waals surface area contributed by atoms with E-state index in [1.54, 1.807) is 19.4 Å². The van der Waals surface area contributed by atoms with E-state index < -0.39 is 9.84 Å². The molecule has 2 aromatic rings. The quantitative estimate of drug-likeness (QED) is 0.677. The number of nitrogens with one attached hydrogen (secondary N) is 1. The Balaban J connectivity index is 1.50. The highest BCUT2D eigenvalue weighted by Crippen LogP contribution is 2.21. The van der Waals surface area contributed by atoms with Crippen LogP contribution in [0.3, 0.4) is 0 Å². The Morgan fingerprint density at radius 2 is 1.96 bits per heavy atom. The summed E-state index contributed by atoms with van der Waals surface area (Å²) in [6.45, 7) is 1.05. The molecule has 1 aliphatic rings. The molecule has 2 heterocycles. The van der Waals surface area contributed by atoms with Gasteiger partial charge in [-0.2, -0.15) is 4.98 Å². The Labute approximate surface area is 159 Å². The van der Waals surface area contributed by atoms with Crippen molar-refractivity contribution in [1.82, 2.24) is 9.97 Å². The number of methoxy groups -OCH3 is 1. The average molecular weight is 392 g/mol. The minimum Gasteiger partial charge on any atom is -0.497 e. The Bertz CT molecular complexity index is 858. The topological polar surface area (TPSA) is 93.7 Å². The number of aromatic nitrogens is 2. The van der Waals surface area contributed by atoms with Gasteiger partial charge in [0.05, 0.1) is 25.2 Å². The van der Waals surface area contributed by atoms with Crippen molar-refractivity contribution in [2.45, 2.75) is 12.5 Å². The summed E-state index contributed by atoms with van der Waals surface area (Å²) < 4.78 is 34.1. The van der Waals surface area contributed by atoms with Gasteiger partial charge in [0.1, 0.15) is 23.9 Å². The van der Waals surface area contributed by atoms with Gasteiger partial charge in [-0.3, -0.25) is 0 Å². The first-order chi connectivity index (χ1) is 13.0. The van der Waals surface area contributed by atoms with Crippen molar-refractivity contribution in [3.05, 3.63) is 36.5 Å². The molecule has 1 saturated heterocycles. The van der Waals surface area contributed by atoms with Crippen molar-refractivity contribution < 1.29 is 17.9 Å². The van der Waals surface area contributed by atoms with Crippen LogP contribution in [0.4, 0.5) is 11.8 Å². The molecule has 1 N–H and O–H groups in total. The van der Waals surface area contributed by atoms with Gasteiger partial charge in [0.15, 0.2) is 9.84 Å². The molecular weight excluding hydrogens is 368 g/mol. The lowest BCUT2D eigenvalue weighted by Gasteiger charge is -2.23. The van der Waals surface area contributed by atoms with Crippen molar-refractivity contribution in [3.63, 3.8) is 0 Å². The van der Waals surface area contributed by atoms with Gasteiger partial charge in [-0.25, -0.2) is 13.4 Å². The second-order valence-electron chi connectivity index (χ2n) is 6.36. The molecule has 1 unspecified atom stereocenters. The maximum absolute atomic E-state index is 11.7. The lowest BCUT2D eigenvalue weighted by molar-refractivity contribution is 0.331. The molecule has 0 spiro atoms. The van der Waals surface area contributed by atoms with Crippen LogP contribution < -0.4 is 19.7 Å². The monoisotopic (exact) mass is 392 g/mol. The summed E-state index contributed by atoms with van der Waals surface area (Å²) in [6.07, 6.45) is 2.27. The van der Waals surface area contributed by atoms with E-state index in [0.717, 1.165) is 11.5 Å². The third-order valence-corrected chi connectivity index (χ3v) is 6.20. The van der Waals surface area contributed by atoms with Crippen LogP contribution in [0.5, 0.6) is 11.5 Å². The first-order valence-electron chi connectivity index (χ1n) is 8.74. The van der Waals surface area contributed by atoms with Gasteiger partial charge in [-0.15, -0.1) is 0 Å². The molecule has 0 radical (unpaired) electrons. The molecule has 8 nitrogen and oxygen atoms in total. The van der Waals surface area contributed by atoms with Gasteiger partial charge in [0.25, 0.3) is 0 Å². The molecule has 0 saturated carbocycles. The third-order valence-electron chi connectivity index (χ3n) is 4.45. The summed E-state index contributed by atoms with van der Waals surface area (Å²) in [5.74, 6) is 3.11. The first-order valence-corrected chi connectivity index (χ1v) is 10.6. The van der Waals surface area contributed by atoms with Gasteiger partial charge >= 0.3 is 0 Å². The van der Waals surface area contributed by atoms with E-state index in [2.05, 4.69) is 15.3 Å². The summed E-state index contributed by atoms with van der Waals surface area (Å²) in [6, 6.07) is 9.09. The van der Waals surface area contributed by atoms with E-state index >= 15 is 0 Å².